The minimum absolute atomic E-state index is 0.0408. The average molecular weight is 811 g/mol. The first-order valence-corrected chi connectivity index (χ1v) is 21.1. The van der Waals surface area contributed by atoms with Gasteiger partial charge in [0.25, 0.3) is 0 Å². The van der Waals surface area contributed by atoms with E-state index in [1.54, 1.807) is 0 Å². The van der Waals surface area contributed by atoms with Gasteiger partial charge in [-0.2, -0.15) is 0 Å². The second kappa shape index (κ2) is 15.0. The third-order valence-electron chi connectivity index (χ3n) is 17.4. The number of esters is 1. The zero-order valence-electron chi connectivity index (χ0n) is 34.1. The first-order valence-electron chi connectivity index (χ1n) is 21.1. The molecule has 7 rings (SSSR count). The number of carbonyl (C=O) groups is 2. The second-order valence-electron chi connectivity index (χ2n) is 20.0. The molecule has 5 aliphatic carbocycles. The Morgan fingerprint density at radius 1 is 0.737 bits per heavy atom. The maximum atomic E-state index is 14.6. The highest BCUT2D eigenvalue weighted by atomic mass is 16.7. The third-order valence-corrected chi connectivity index (χ3v) is 17.4. The van der Waals surface area contributed by atoms with E-state index in [1.807, 2.05) is 0 Å². The maximum Gasteiger partial charge on any atom is 0.315 e. The molecule has 0 amide bonds. The molecule has 57 heavy (non-hydrogen) atoms. The molecule has 6 fully saturated rings. The van der Waals surface area contributed by atoms with Crippen LogP contribution in [0.2, 0.25) is 0 Å². The number of carbonyl (C=O) groups excluding carboxylic acids is 1. The average Bonchev–Trinajstić information content (AvgIpc) is 3.16. The van der Waals surface area contributed by atoms with Crippen molar-refractivity contribution in [3.63, 3.8) is 0 Å². The van der Waals surface area contributed by atoms with E-state index < -0.39 is 120 Å². The maximum absolute atomic E-state index is 14.6. The van der Waals surface area contributed by atoms with E-state index in [-0.39, 0.29) is 41.9 Å². The molecule has 15 nitrogen and oxygen atoms in total. The molecule has 4 saturated carbocycles. The molecule has 0 radical (unpaired) electrons. The summed E-state index contributed by atoms with van der Waals surface area (Å²) in [5.41, 5.74) is -3.12. The van der Waals surface area contributed by atoms with Crippen LogP contribution >= 0.6 is 0 Å². The summed E-state index contributed by atoms with van der Waals surface area (Å²) >= 11 is 0. The van der Waals surface area contributed by atoms with Gasteiger partial charge in [0, 0.05) is 0 Å². The van der Waals surface area contributed by atoms with Gasteiger partial charge in [-0.25, -0.2) is 0 Å². The monoisotopic (exact) mass is 810 g/mol. The topological polar surface area (TPSA) is 253 Å². The number of aliphatic hydroxyl groups excluding tert-OH is 8. The number of carboxylic acid groups (broad SMARTS) is 1. The summed E-state index contributed by atoms with van der Waals surface area (Å²) in [5, 5.41) is 94.3. The summed E-state index contributed by atoms with van der Waals surface area (Å²) in [6.07, 6.45) is -8.38. The number of hydrogen-bond acceptors (Lipinski definition) is 14. The molecular weight excluding hydrogens is 744 g/mol. The standard InChI is InChI=1S/C42H66O15/c1-19-9-14-41(37(53)57-35-33(50)31(48)29(46)23(18-44)55-35)15-16-42(36(51)52)21(27(41)20(19)2)7-8-25-39(5)12-11-26(38(3,4)24(39)10-13-40(25,42)6)56-34-32(49)30(47)28(45)22(17-43)54-34/h7,19-20,22-35,43-50H,8-18H2,1-6H3,(H,51,52)/t19-,20+,22-,23-,24?,25?,26+,27+,28-,29-,30+,31+,32-,33-,34+,35+,39+,40-,41+,42-/m1/s1. The number of aliphatic hydroxyl groups is 8. The highest BCUT2D eigenvalue weighted by Gasteiger charge is 2.74. The van der Waals surface area contributed by atoms with Gasteiger partial charge in [0.05, 0.1) is 30.1 Å². The summed E-state index contributed by atoms with van der Waals surface area (Å²) < 4.78 is 23.7. The van der Waals surface area contributed by atoms with Crippen LogP contribution in [0.5, 0.6) is 0 Å². The molecule has 15 heteroatoms. The molecule has 20 atom stereocenters. The minimum Gasteiger partial charge on any atom is -0.481 e. The number of allylic oxidation sites excluding steroid dienone is 1. The lowest BCUT2D eigenvalue weighted by molar-refractivity contribution is -0.330. The van der Waals surface area contributed by atoms with Crippen molar-refractivity contribution in [2.45, 2.75) is 167 Å². The Bertz CT molecular complexity index is 1570. The fraction of sp³-hybridized carbons (Fsp3) is 0.905. The number of hydrogen-bond donors (Lipinski definition) is 9. The Kier molecular flexibility index (Phi) is 11.4. The lowest BCUT2D eigenvalue weighted by atomic mass is 9.33. The van der Waals surface area contributed by atoms with Gasteiger partial charge in [-0.15, -0.1) is 0 Å². The van der Waals surface area contributed by atoms with Crippen LogP contribution in [0.25, 0.3) is 0 Å². The lowest BCUT2D eigenvalue weighted by Crippen LogP contribution is -2.68. The van der Waals surface area contributed by atoms with E-state index in [1.165, 1.54) is 0 Å². The van der Waals surface area contributed by atoms with Crippen LogP contribution in [-0.4, -0.2) is 139 Å². The summed E-state index contributed by atoms with van der Waals surface area (Å²) in [5.74, 6) is -1.90. The van der Waals surface area contributed by atoms with Crippen LogP contribution < -0.4 is 0 Å². The first kappa shape index (κ1) is 43.3. The first-order chi connectivity index (χ1) is 26.7. The summed E-state index contributed by atoms with van der Waals surface area (Å²) in [6, 6.07) is 0. The summed E-state index contributed by atoms with van der Waals surface area (Å²) in [7, 11) is 0. The van der Waals surface area contributed by atoms with Crippen molar-refractivity contribution >= 4 is 11.9 Å². The highest BCUT2D eigenvalue weighted by molar-refractivity contribution is 5.85. The van der Waals surface area contributed by atoms with Crippen molar-refractivity contribution in [3.05, 3.63) is 11.6 Å². The van der Waals surface area contributed by atoms with E-state index in [2.05, 4.69) is 47.6 Å². The number of aliphatic carboxylic acids is 1. The Morgan fingerprint density at radius 3 is 1.93 bits per heavy atom. The van der Waals surface area contributed by atoms with Gasteiger partial charge in [-0.3, -0.25) is 9.59 Å². The fourth-order valence-corrected chi connectivity index (χ4v) is 13.9. The zero-order valence-corrected chi connectivity index (χ0v) is 34.1. The van der Waals surface area contributed by atoms with E-state index in [0.29, 0.717) is 44.9 Å². The van der Waals surface area contributed by atoms with Crippen LogP contribution in [0, 0.1) is 56.7 Å². The number of ether oxygens (including phenoxy) is 4. The molecule has 0 aromatic rings. The summed E-state index contributed by atoms with van der Waals surface area (Å²) in [6.45, 7) is 11.7. The van der Waals surface area contributed by atoms with Crippen LogP contribution in [0.15, 0.2) is 11.6 Å². The highest BCUT2D eigenvalue weighted by Crippen LogP contribution is 2.76. The van der Waals surface area contributed by atoms with Gasteiger partial charge in [0.15, 0.2) is 6.29 Å². The van der Waals surface area contributed by atoms with Crippen molar-refractivity contribution in [2.75, 3.05) is 13.2 Å². The van der Waals surface area contributed by atoms with E-state index in [9.17, 15) is 55.5 Å². The van der Waals surface area contributed by atoms with Crippen molar-refractivity contribution in [3.8, 4) is 0 Å². The van der Waals surface area contributed by atoms with Gasteiger partial charge >= 0.3 is 11.9 Å². The van der Waals surface area contributed by atoms with Crippen molar-refractivity contribution in [1.82, 2.24) is 0 Å². The molecule has 7 aliphatic rings. The third kappa shape index (κ3) is 6.14. The van der Waals surface area contributed by atoms with Gasteiger partial charge in [-0.1, -0.05) is 53.2 Å². The summed E-state index contributed by atoms with van der Waals surface area (Å²) in [4.78, 5) is 28.8. The molecule has 324 valence electrons. The molecule has 0 aromatic carbocycles. The number of rotatable bonds is 7. The second-order valence-corrected chi connectivity index (χ2v) is 20.0. The van der Waals surface area contributed by atoms with Crippen molar-refractivity contribution in [1.29, 1.82) is 0 Å². The van der Waals surface area contributed by atoms with E-state index in [0.717, 1.165) is 5.57 Å². The predicted molar refractivity (Wildman–Crippen MR) is 199 cm³/mol. The van der Waals surface area contributed by atoms with Gasteiger partial charge in [-0.05, 0) is 104 Å². The Hall–Kier alpha value is -1.76. The fourth-order valence-electron chi connectivity index (χ4n) is 13.9. The molecule has 2 aliphatic heterocycles. The normalized spacial score (nSPS) is 53.3. The van der Waals surface area contributed by atoms with Crippen molar-refractivity contribution in [2.24, 2.45) is 56.7 Å². The predicted octanol–water partition coefficient (Wildman–Crippen LogP) is 1.24. The molecule has 0 bridgehead atoms. The van der Waals surface area contributed by atoms with Crippen LogP contribution in [0.3, 0.4) is 0 Å². The van der Waals surface area contributed by atoms with Gasteiger partial charge in [0.2, 0.25) is 6.29 Å². The molecule has 0 aromatic heterocycles. The number of carboxylic acids is 1. The number of fused-ring (bicyclic) bond motifs is 7. The largest absolute Gasteiger partial charge is 0.481 e. The Morgan fingerprint density at radius 2 is 1.33 bits per heavy atom. The SMILES string of the molecule is C[C@H]1[C@H](C)CC[C@]2(C(=O)O[C@@H]3O[C@H](CO)[C@@H](O)[C@H](O)[C@H]3O)CC[C@]3(C(=O)O)C(=CCC4[C@@]5(C)CC[C@H](O[C@@H]6O[C@H](CO)[C@@H](O)[C@H](O)[C@H]6O)C(C)(C)C5CC[C@]43C)[C@H]12. The van der Waals surface area contributed by atoms with Crippen molar-refractivity contribution < 1.29 is 74.5 Å². The molecular formula is C42H66O15. The molecule has 0 spiro atoms. The zero-order chi connectivity index (χ0) is 41.8. The van der Waals surface area contributed by atoms with E-state index >= 15 is 0 Å². The molecule has 2 saturated heterocycles. The smallest absolute Gasteiger partial charge is 0.315 e. The van der Waals surface area contributed by atoms with Crippen LogP contribution in [0.4, 0.5) is 0 Å². The lowest BCUT2D eigenvalue weighted by Gasteiger charge is -2.70. The quantitative estimate of drug-likeness (QED) is 0.0997. The molecule has 2 heterocycles. The van der Waals surface area contributed by atoms with Gasteiger partial charge < -0.3 is 64.9 Å². The van der Waals surface area contributed by atoms with Crippen LogP contribution in [0.1, 0.15) is 99.3 Å². The van der Waals surface area contributed by atoms with Gasteiger partial charge in [0.1, 0.15) is 48.8 Å². The minimum atomic E-state index is -1.75. The molecule has 2 unspecified atom stereocenters. The van der Waals surface area contributed by atoms with E-state index in [4.69, 9.17) is 18.9 Å². The Labute approximate surface area is 334 Å². The van der Waals surface area contributed by atoms with Crippen LogP contribution in [-0.2, 0) is 28.5 Å². The Balaban J connectivity index is 1.20. The molecule has 9 N–H and O–H groups in total.